The highest BCUT2D eigenvalue weighted by Gasteiger charge is 2.29. The summed E-state index contributed by atoms with van der Waals surface area (Å²) in [6.07, 6.45) is 5.00. The number of likely N-dealkylation sites (tertiary alicyclic amines) is 2. The van der Waals surface area contributed by atoms with Crippen molar-refractivity contribution < 1.29 is 14.3 Å². The molecule has 2 heterocycles. The fraction of sp³-hybridized carbons (Fsp3) is 0.650. The van der Waals surface area contributed by atoms with E-state index in [0.29, 0.717) is 24.9 Å². The molecule has 0 aromatic heterocycles. The largest absolute Gasteiger partial charge is 0.388 e. The zero-order valence-corrected chi connectivity index (χ0v) is 15.0. The van der Waals surface area contributed by atoms with Crippen LogP contribution in [0, 0.1) is 5.82 Å². The third-order valence-corrected chi connectivity index (χ3v) is 5.74. The standard InChI is InChI=1S/C20H29FN2O2/c1-15-4-2-12-23(15)20(25)10-13-22-11-3-5-18(22)14-19(24)16-6-8-17(21)9-7-16/h6-9,15,18-19,24H,2-5,10-14H2,1H3. The molecule has 0 saturated carbocycles. The van der Waals surface area contributed by atoms with Crippen molar-refractivity contribution in [2.75, 3.05) is 19.6 Å². The van der Waals surface area contributed by atoms with Crippen molar-refractivity contribution in [2.45, 2.75) is 63.6 Å². The number of benzene rings is 1. The number of carbonyl (C=O) groups is 1. The molecule has 138 valence electrons. The first-order valence-corrected chi connectivity index (χ1v) is 9.51. The zero-order valence-electron chi connectivity index (χ0n) is 15.0. The van der Waals surface area contributed by atoms with Crippen LogP contribution in [-0.4, -0.2) is 52.5 Å². The molecule has 3 unspecified atom stereocenters. The van der Waals surface area contributed by atoms with Crippen molar-refractivity contribution in [3.8, 4) is 0 Å². The first kappa shape index (κ1) is 18.3. The molecule has 1 aromatic rings. The van der Waals surface area contributed by atoms with Crippen LogP contribution in [0.4, 0.5) is 4.39 Å². The van der Waals surface area contributed by atoms with E-state index in [1.807, 2.05) is 4.90 Å². The van der Waals surface area contributed by atoms with Crippen molar-refractivity contribution in [1.82, 2.24) is 9.80 Å². The number of hydrogen-bond acceptors (Lipinski definition) is 3. The summed E-state index contributed by atoms with van der Waals surface area (Å²) < 4.78 is 13.0. The Balaban J connectivity index is 1.50. The van der Waals surface area contributed by atoms with Gasteiger partial charge in [-0.2, -0.15) is 0 Å². The number of amides is 1. The van der Waals surface area contributed by atoms with Gasteiger partial charge in [-0.3, -0.25) is 9.69 Å². The van der Waals surface area contributed by atoms with Gasteiger partial charge in [-0.25, -0.2) is 4.39 Å². The molecule has 2 aliphatic rings. The highest BCUT2D eigenvalue weighted by Crippen LogP contribution is 2.28. The Bertz CT molecular complexity index is 578. The van der Waals surface area contributed by atoms with Crippen molar-refractivity contribution in [1.29, 1.82) is 0 Å². The highest BCUT2D eigenvalue weighted by molar-refractivity contribution is 5.77. The second-order valence-corrected chi connectivity index (χ2v) is 7.46. The van der Waals surface area contributed by atoms with Crippen LogP contribution in [0.5, 0.6) is 0 Å². The molecular formula is C20H29FN2O2. The predicted molar refractivity (Wildman–Crippen MR) is 95.6 cm³/mol. The topological polar surface area (TPSA) is 43.8 Å². The van der Waals surface area contributed by atoms with Gasteiger partial charge in [0.2, 0.25) is 5.91 Å². The summed E-state index contributed by atoms with van der Waals surface area (Å²) in [5.41, 5.74) is 0.759. The summed E-state index contributed by atoms with van der Waals surface area (Å²) in [6, 6.07) is 6.75. The smallest absolute Gasteiger partial charge is 0.224 e. The average Bonchev–Trinajstić information content (AvgIpc) is 3.22. The number of carbonyl (C=O) groups excluding carboxylic acids is 1. The molecule has 2 saturated heterocycles. The molecule has 5 heteroatoms. The van der Waals surface area contributed by atoms with Gasteiger partial charge in [-0.05, 0) is 63.3 Å². The third-order valence-electron chi connectivity index (χ3n) is 5.74. The molecule has 0 spiro atoms. The number of hydrogen-bond donors (Lipinski definition) is 1. The third kappa shape index (κ3) is 4.59. The van der Waals surface area contributed by atoms with Gasteiger partial charge in [0.1, 0.15) is 5.82 Å². The second-order valence-electron chi connectivity index (χ2n) is 7.46. The minimum atomic E-state index is -0.583. The van der Waals surface area contributed by atoms with E-state index < -0.39 is 6.10 Å². The Hall–Kier alpha value is -1.46. The molecule has 3 atom stereocenters. The summed E-state index contributed by atoms with van der Waals surface area (Å²) in [5, 5.41) is 10.5. The van der Waals surface area contributed by atoms with Crippen LogP contribution in [0.2, 0.25) is 0 Å². The van der Waals surface area contributed by atoms with Gasteiger partial charge >= 0.3 is 0 Å². The van der Waals surface area contributed by atoms with Gasteiger partial charge in [-0.15, -0.1) is 0 Å². The Morgan fingerprint density at radius 1 is 1.24 bits per heavy atom. The molecule has 0 aliphatic carbocycles. The van der Waals surface area contributed by atoms with Crippen LogP contribution >= 0.6 is 0 Å². The molecule has 0 radical (unpaired) electrons. The van der Waals surface area contributed by atoms with Crippen molar-refractivity contribution in [2.24, 2.45) is 0 Å². The molecule has 1 aromatic carbocycles. The maximum absolute atomic E-state index is 13.0. The lowest BCUT2D eigenvalue weighted by Crippen LogP contribution is -2.38. The number of nitrogens with zero attached hydrogens (tertiary/aromatic N) is 2. The Labute approximate surface area is 149 Å². The minimum absolute atomic E-state index is 0.259. The van der Waals surface area contributed by atoms with Crippen LogP contribution in [-0.2, 0) is 4.79 Å². The summed E-state index contributed by atoms with van der Waals surface area (Å²) in [5.74, 6) is -0.0252. The molecule has 4 nitrogen and oxygen atoms in total. The Kier molecular flexibility index (Phi) is 6.07. The maximum atomic E-state index is 13.0. The Morgan fingerprint density at radius 2 is 1.96 bits per heavy atom. The van der Waals surface area contributed by atoms with Crippen LogP contribution in [0.15, 0.2) is 24.3 Å². The predicted octanol–water partition coefficient (Wildman–Crippen LogP) is 3.11. The van der Waals surface area contributed by atoms with Gasteiger partial charge in [0, 0.05) is 31.6 Å². The van der Waals surface area contributed by atoms with E-state index in [-0.39, 0.29) is 11.7 Å². The summed E-state index contributed by atoms with van der Waals surface area (Å²) >= 11 is 0. The summed E-state index contributed by atoms with van der Waals surface area (Å²) in [6.45, 7) is 4.78. The minimum Gasteiger partial charge on any atom is -0.388 e. The normalized spacial score (nSPS) is 25.5. The lowest BCUT2D eigenvalue weighted by molar-refractivity contribution is -0.132. The fourth-order valence-corrected chi connectivity index (χ4v) is 4.22. The van der Waals surface area contributed by atoms with Crippen molar-refractivity contribution >= 4 is 5.91 Å². The summed E-state index contributed by atoms with van der Waals surface area (Å²) in [4.78, 5) is 16.8. The summed E-state index contributed by atoms with van der Waals surface area (Å²) in [7, 11) is 0. The van der Waals surface area contributed by atoms with E-state index in [1.54, 1.807) is 12.1 Å². The lowest BCUT2D eigenvalue weighted by Gasteiger charge is -2.28. The first-order chi connectivity index (χ1) is 12.0. The van der Waals surface area contributed by atoms with Crippen LogP contribution in [0.25, 0.3) is 0 Å². The molecule has 3 rings (SSSR count). The average molecular weight is 348 g/mol. The van der Waals surface area contributed by atoms with Crippen LogP contribution < -0.4 is 0 Å². The quantitative estimate of drug-likeness (QED) is 0.859. The molecule has 1 amide bonds. The molecule has 0 bridgehead atoms. The number of aliphatic hydroxyl groups excluding tert-OH is 1. The van der Waals surface area contributed by atoms with E-state index in [0.717, 1.165) is 50.9 Å². The van der Waals surface area contributed by atoms with E-state index >= 15 is 0 Å². The van der Waals surface area contributed by atoms with E-state index in [2.05, 4.69) is 11.8 Å². The SMILES string of the molecule is CC1CCCN1C(=O)CCN1CCCC1CC(O)c1ccc(F)cc1. The molecule has 1 N–H and O–H groups in total. The maximum Gasteiger partial charge on any atom is 0.224 e. The number of aliphatic hydroxyl groups is 1. The number of halogens is 1. The fourth-order valence-electron chi connectivity index (χ4n) is 4.22. The molecule has 2 fully saturated rings. The van der Waals surface area contributed by atoms with E-state index in [1.165, 1.54) is 12.1 Å². The van der Waals surface area contributed by atoms with Crippen LogP contribution in [0.3, 0.4) is 0 Å². The van der Waals surface area contributed by atoms with Gasteiger partial charge in [0.15, 0.2) is 0 Å². The van der Waals surface area contributed by atoms with Gasteiger partial charge in [0.25, 0.3) is 0 Å². The van der Waals surface area contributed by atoms with E-state index in [4.69, 9.17) is 0 Å². The van der Waals surface area contributed by atoms with Crippen LogP contribution in [0.1, 0.15) is 57.1 Å². The van der Waals surface area contributed by atoms with Crippen molar-refractivity contribution in [3.05, 3.63) is 35.6 Å². The molecule has 25 heavy (non-hydrogen) atoms. The molecular weight excluding hydrogens is 319 g/mol. The van der Waals surface area contributed by atoms with Crippen molar-refractivity contribution in [3.63, 3.8) is 0 Å². The van der Waals surface area contributed by atoms with E-state index in [9.17, 15) is 14.3 Å². The first-order valence-electron chi connectivity index (χ1n) is 9.51. The number of rotatable bonds is 6. The van der Waals surface area contributed by atoms with Gasteiger partial charge < -0.3 is 10.0 Å². The highest BCUT2D eigenvalue weighted by atomic mass is 19.1. The zero-order chi connectivity index (χ0) is 17.8. The molecule has 2 aliphatic heterocycles. The second kappa shape index (κ2) is 8.28. The Morgan fingerprint density at radius 3 is 2.64 bits per heavy atom. The monoisotopic (exact) mass is 348 g/mol. The van der Waals surface area contributed by atoms with Gasteiger partial charge in [0.05, 0.1) is 6.10 Å². The van der Waals surface area contributed by atoms with Gasteiger partial charge in [-0.1, -0.05) is 12.1 Å². The lowest BCUT2D eigenvalue weighted by atomic mass is 10.0.